The first-order valence-electron chi connectivity index (χ1n) is 6.01. The summed E-state index contributed by atoms with van der Waals surface area (Å²) in [5.74, 6) is 1.54. The molecule has 1 saturated carbocycles. The van der Waals surface area contributed by atoms with E-state index in [9.17, 15) is 0 Å². The van der Waals surface area contributed by atoms with Crippen molar-refractivity contribution in [2.45, 2.75) is 44.8 Å². The minimum absolute atomic E-state index is 0.486. The van der Waals surface area contributed by atoms with E-state index in [4.69, 9.17) is 4.74 Å². The molecule has 2 fully saturated rings. The first-order valence-corrected chi connectivity index (χ1v) is 6.79. The summed E-state index contributed by atoms with van der Waals surface area (Å²) in [7, 11) is 0. The van der Waals surface area contributed by atoms with Gasteiger partial charge in [0, 0.05) is 30.1 Å². The molecule has 2 heterocycles. The van der Waals surface area contributed by atoms with E-state index in [0.29, 0.717) is 18.1 Å². The van der Waals surface area contributed by atoms with Crippen LogP contribution in [-0.4, -0.2) is 28.1 Å². The van der Waals surface area contributed by atoms with E-state index in [2.05, 4.69) is 14.7 Å². The lowest BCUT2D eigenvalue weighted by Gasteiger charge is -2.32. The maximum Gasteiger partial charge on any atom is 0.202 e. The van der Waals surface area contributed by atoms with Gasteiger partial charge in [-0.15, -0.1) is 0 Å². The summed E-state index contributed by atoms with van der Waals surface area (Å²) in [6.45, 7) is 2.87. The summed E-state index contributed by atoms with van der Waals surface area (Å²) in [4.78, 5) is 4.37. The van der Waals surface area contributed by atoms with Gasteiger partial charge in [0.1, 0.15) is 5.82 Å². The second-order valence-electron chi connectivity index (χ2n) is 4.69. The van der Waals surface area contributed by atoms with Gasteiger partial charge in [-0.05, 0) is 32.6 Å². The zero-order valence-corrected chi connectivity index (χ0v) is 10.3. The zero-order chi connectivity index (χ0) is 11.0. The van der Waals surface area contributed by atoms with Gasteiger partial charge in [0.2, 0.25) is 5.13 Å². The molecule has 16 heavy (non-hydrogen) atoms. The maximum absolute atomic E-state index is 5.76. The van der Waals surface area contributed by atoms with E-state index in [1.165, 1.54) is 37.2 Å². The average molecular weight is 239 g/mol. The van der Waals surface area contributed by atoms with Gasteiger partial charge in [0.05, 0.1) is 6.10 Å². The van der Waals surface area contributed by atoms with E-state index in [-0.39, 0.29) is 0 Å². The first kappa shape index (κ1) is 10.5. The normalized spacial score (nSPS) is 33.7. The smallest absolute Gasteiger partial charge is 0.202 e. The highest BCUT2D eigenvalue weighted by Gasteiger charge is 2.37. The Kier molecular flexibility index (Phi) is 2.81. The van der Waals surface area contributed by atoms with Crippen LogP contribution in [0.4, 0.5) is 5.13 Å². The molecular formula is C11H17N3OS. The van der Waals surface area contributed by atoms with Gasteiger partial charge in [0.25, 0.3) is 0 Å². The number of anilines is 1. The summed E-state index contributed by atoms with van der Waals surface area (Å²) in [6.07, 6.45) is 5.41. The van der Waals surface area contributed by atoms with Gasteiger partial charge in [-0.1, -0.05) is 0 Å². The monoisotopic (exact) mass is 239 g/mol. The lowest BCUT2D eigenvalue weighted by Crippen LogP contribution is -2.38. The number of fused-ring (bicyclic) bond motifs is 1. The summed E-state index contributed by atoms with van der Waals surface area (Å²) in [5.41, 5.74) is 0. The molecule has 0 bridgehead atoms. The fourth-order valence-electron chi connectivity index (χ4n) is 2.87. The van der Waals surface area contributed by atoms with E-state index in [1.807, 2.05) is 6.92 Å². The van der Waals surface area contributed by atoms with Crippen LogP contribution in [0.3, 0.4) is 0 Å². The quantitative estimate of drug-likeness (QED) is 0.859. The fourth-order valence-corrected chi connectivity index (χ4v) is 3.51. The third kappa shape index (κ3) is 1.94. The number of nitrogens with one attached hydrogen (secondary N) is 1. The van der Waals surface area contributed by atoms with E-state index in [0.717, 1.165) is 17.6 Å². The molecule has 1 N–H and O–H groups in total. The lowest BCUT2D eigenvalue weighted by molar-refractivity contribution is 0.0620. The van der Waals surface area contributed by atoms with Gasteiger partial charge >= 0.3 is 0 Å². The van der Waals surface area contributed by atoms with Crippen molar-refractivity contribution < 1.29 is 4.74 Å². The van der Waals surface area contributed by atoms with Crippen LogP contribution in [0.25, 0.3) is 0 Å². The molecule has 0 aromatic carbocycles. The van der Waals surface area contributed by atoms with Crippen LogP contribution in [0.15, 0.2) is 0 Å². The summed E-state index contributed by atoms with van der Waals surface area (Å²) in [6, 6.07) is 0.536. The molecule has 3 rings (SSSR count). The molecule has 2 aliphatic rings. The van der Waals surface area contributed by atoms with Crippen molar-refractivity contribution in [3.63, 3.8) is 0 Å². The SMILES string of the molecule is Cc1nsc(N[C@@H]2CCC[C@@H]3OCC[C@H]32)n1. The van der Waals surface area contributed by atoms with Crippen molar-refractivity contribution in [3.05, 3.63) is 5.82 Å². The summed E-state index contributed by atoms with van der Waals surface area (Å²) < 4.78 is 9.96. The molecule has 1 aliphatic carbocycles. The van der Waals surface area contributed by atoms with Crippen LogP contribution in [0.2, 0.25) is 0 Å². The Balaban J connectivity index is 1.69. The van der Waals surface area contributed by atoms with Crippen LogP contribution in [0, 0.1) is 12.8 Å². The van der Waals surface area contributed by atoms with Gasteiger partial charge < -0.3 is 10.1 Å². The van der Waals surface area contributed by atoms with Crippen molar-refractivity contribution >= 4 is 16.7 Å². The number of ether oxygens (including phenoxy) is 1. The number of hydrogen-bond acceptors (Lipinski definition) is 5. The minimum atomic E-state index is 0.486. The van der Waals surface area contributed by atoms with Gasteiger partial charge in [0.15, 0.2) is 0 Å². The van der Waals surface area contributed by atoms with Crippen LogP contribution in [0.5, 0.6) is 0 Å². The van der Waals surface area contributed by atoms with Crippen molar-refractivity contribution in [1.29, 1.82) is 0 Å². The van der Waals surface area contributed by atoms with Gasteiger partial charge in [-0.2, -0.15) is 4.37 Å². The molecule has 3 atom stereocenters. The third-order valence-corrected chi connectivity index (χ3v) is 4.36. The number of rotatable bonds is 2. The predicted octanol–water partition coefficient (Wildman–Crippen LogP) is 2.22. The molecule has 0 spiro atoms. The standard InChI is InChI=1S/C11H17N3OS/c1-7-12-11(16-14-7)13-9-3-2-4-10-8(9)5-6-15-10/h8-10H,2-6H2,1H3,(H,12,13,14)/t8-,9+,10-/m0/s1. The maximum atomic E-state index is 5.76. The predicted molar refractivity (Wildman–Crippen MR) is 63.8 cm³/mol. The topological polar surface area (TPSA) is 47.0 Å². The van der Waals surface area contributed by atoms with E-state index >= 15 is 0 Å². The Labute approximate surface area is 99.6 Å². The van der Waals surface area contributed by atoms with Crippen LogP contribution >= 0.6 is 11.5 Å². The second-order valence-corrected chi connectivity index (χ2v) is 5.44. The van der Waals surface area contributed by atoms with E-state index < -0.39 is 0 Å². The highest BCUT2D eigenvalue weighted by Crippen LogP contribution is 2.36. The molecule has 0 amide bonds. The third-order valence-electron chi connectivity index (χ3n) is 3.62. The van der Waals surface area contributed by atoms with Crippen LogP contribution in [-0.2, 0) is 4.74 Å². The number of aryl methyl sites for hydroxylation is 1. The average Bonchev–Trinajstić information content (AvgIpc) is 2.87. The van der Waals surface area contributed by atoms with Gasteiger partial charge in [-0.25, -0.2) is 4.98 Å². The largest absolute Gasteiger partial charge is 0.378 e. The Bertz CT molecular complexity index is 368. The zero-order valence-electron chi connectivity index (χ0n) is 9.48. The molecular weight excluding hydrogens is 222 g/mol. The first-order chi connectivity index (χ1) is 7.83. The second kappa shape index (κ2) is 4.30. The Morgan fingerprint density at radius 1 is 1.38 bits per heavy atom. The molecule has 4 nitrogen and oxygen atoms in total. The highest BCUT2D eigenvalue weighted by molar-refractivity contribution is 7.09. The minimum Gasteiger partial charge on any atom is -0.378 e. The number of hydrogen-bond donors (Lipinski definition) is 1. The Morgan fingerprint density at radius 2 is 2.31 bits per heavy atom. The van der Waals surface area contributed by atoms with E-state index in [1.54, 1.807) is 0 Å². The molecule has 0 unspecified atom stereocenters. The van der Waals surface area contributed by atoms with Crippen molar-refractivity contribution in [2.75, 3.05) is 11.9 Å². The summed E-state index contributed by atoms with van der Waals surface area (Å²) in [5, 5.41) is 4.51. The molecule has 0 radical (unpaired) electrons. The van der Waals surface area contributed by atoms with Crippen molar-refractivity contribution in [2.24, 2.45) is 5.92 Å². The fraction of sp³-hybridized carbons (Fsp3) is 0.818. The molecule has 1 aliphatic heterocycles. The summed E-state index contributed by atoms with van der Waals surface area (Å²) >= 11 is 1.46. The number of nitrogens with zero attached hydrogens (tertiary/aromatic N) is 2. The van der Waals surface area contributed by atoms with Crippen LogP contribution in [0.1, 0.15) is 31.5 Å². The molecule has 1 saturated heterocycles. The van der Waals surface area contributed by atoms with Crippen molar-refractivity contribution in [1.82, 2.24) is 9.36 Å². The molecule has 1 aromatic rings. The number of aromatic nitrogens is 2. The Morgan fingerprint density at radius 3 is 3.12 bits per heavy atom. The van der Waals surface area contributed by atoms with Crippen LogP contribution < -0.4 is 5.32 Å². The molecule has 88 valence electrons. The Hall–Kier alpha value is -0.680. The molecule has 1 aromatic heterocycles. The highest BCUT2D eigenvalue weighted by atomic mass is 32.1. The lowest BCUT2D eigenvalue weighted by atomic mass is 9.82. The van der Waals surface area contributed by atoms with Crippen molar-refractivity contribution in [3.8, 4) is 0 Å². The molecule has 5 heteroatoms. The van der Waals surface area contributed by atoms with Gasteiger partial charge in [-0.3, -0.25) is 0 Å².